The second kappa shape index (κ2) is 9.27. The number of hydrogen-bond acceptors (Lipinski definition) is 3. The number of ether oxygens (including phenoxy) is 1. The molecule has 2 N–H and O–H groups in total. The van der Waals surface area contributed by atoms with Crippen molar-refractivity contribution in [3.05, 3.63) is 35.4 Å². The van der Waals surface area contributed by atoms with Crippen LogP contribution in [0.1, 0.15) is 50.2 Å². The summed E-state index contributed by atoms with van der Waals surface area (Å²) in [5.41, 5.74) is 3.27. The molecule has 0 unspecified atom stereocenters. The predicted molar refractivity (Wildman–Crippen MR) is 114 cm³/mol. The van der Waals surface area contributed by atoms with Gasteiger partial charge in [0.15, 0.2) is 5.96 Å². The standard InChI is InChI=1S/C23H36N4O/c1-2-24-22(26-18-23(10-5-11-23)21-8-9-21)25-16-19-6-3-4-7-20(19)17-27-12-14-28-15-13-27/h3-4,6-7,21H,2,5,8-18H2,1H3,(H2,24,25,26). The molecular weight excluding hydrogens is 348 g/mol. The van der Waals surface area contributed by atoms with Crippen LogP contribution in [0.4, 0.5) is 0 Å². The molecule has 4 rings (SSSR count). The lowest BCUT2D eigenvalue weighted by molar-refractivity contribution is 0.0341. The van der Waals surface area contributed by atoms with Crippen LogP contribution >= 0.6 is 0 Å². The number of nitrogens with zero attached hydrogens (tertiary/aromatic N) is 2. The molecule has 2 aliphatic carbocycles. The highest BCUT2D eigenvalue weighted by molar-refractivity contribution is 5.79. The zero-order valence-corrected chi connectivity index (χ0v) is 17.4. The largest absolute Gasteiger partial charge is 0.379 e. The van der Waals surface area contributed by atoms with Crippen molar-refractivity contribution in [2.24, 2.45) is 16.3 Å². The highest BCUT2D eigenvalue weighted by Gasteiger charge is 2.48. The van der Waals surface area contributed by atoms with Gasteiger partial charge in [0.25, 0.3) is 0 Å². The summed E-state index contributed by atoms with van der Waals surface area (Å²) in [5, 5.41) is 7.11. The number of nitrogens with one attached hydrogen (secondary N) is 2. The van der Waals surface area contributed by atoms with E-state index in [2.05, 4.69) is 46.7 Å². The summed E-state index contributed by atoms with van der Waals surface area (Å²) in [6.07, 6.45) is 7.06. The van der Waals surface area contributed by atoms with E-state index in [4.69, 9.17) is 9.73 Å². The van der Waals surface area contributed by atoms with Crippen LogP contribution in [0, 0.1) is 11.3 Å². The Morgan fingerprint density at radius 1 is 1.14 bits per heavy atom. The van der Waals surface area contributed by atoms with Crippen LogP contribution in [0.15, 0.2) is 29.3 Å². The van der Waals surface area contributed by atoms with E-state index in [0.29, 0.717) is 5.41 Å². The Morgan fingerprint density at radius 2 is 1.89 bits per heavy atom. The van der Waals surface area contributed by atoms with E-state index < -0.39 is 0 Å². The highest BCUT2D eigenvalue weighted by Crippen LogP contribution is 2.56. The van der Waals surface area contributed by atoms with E-state index in [1.54, 1.807) is 0 Å². The van der Waals surface area contributed by atoms with Crippen molar-refractivity contribution >= 4 is 5.96 Å². The first-order valence-electron chi connectivity index (χ1n) is 11.2. The summed E-state index contributed by atoms with van der Waals surface area (Å²) in [7, 11) is 0. The molecule has 0 spiro atoms. The summed E-state index contributed by atoms with van der Waals surface area (Å²) in [6, 6.07) is 8.74. The molecular formula is C23H36N4O. The number of hydrogen-bond donors (Lipinski definition) is 2. The van der Waals surface area contributed by atoms with Crippen molar-refractivity contribution in [2.45, 2.75) is 52.1 Å². The summed E-state index contributed by atoms with van der Waals surface area (Å²) in [6.45, 7) is 9.57. The van der Waals surface area contributed by atoms with Crippen LogP contribution in [-0.4, -0.2) is 50.3 Å². The second-order valence-electron chi connectivity index (χ2n) is 8.70. The van der Waals surface area contributed by atoms with Crippen molar-refractivity contribution in [3.63, 3.8) is 0 Å². The number of aliphatic imine (C=N–C) groups is 1. The van der Waals surface area contributed by atoms with Gasteiger partial charge < -0.3 is 15.4 Å². The minimum absolute atomic E-state index is 0.560. The second-order valence-corrected chi connectivity index (χ2v) is 8.70. The smallest absolute Gasteiger partial charge is 0.191 e. The molecule has 5 heteroatoms. The molecule has 3 fully saturated rings. The molecule has 1 heterocycles. The fourth-order valence-corrected chi connectivity index (χ4v) is 4.69. The van der Waals surface area contributed by atoms with Gasteiger partial charge in [0, 0.05) is 32.7 Å². The van der Waals surface area contributed by atoms with Gasteiger partial charge in [-0.15, -0.1) is 0 Å². The van der Waals surface area contributed by atoms with Gasteiger partial charge in [0.2, 0.25) is 0 Å². The Morgan fingerprint density at radius 3 is 2.54 bits per heavy atom. The van der Waals surface area contributed by atoms with E-state index in [1.165, 1.54) is 43.2 Å². The van der Waals surface area contributed by atoms with E-state index in [0.717, 1.165) is 64.4 Å². The third kappa shape index (κ3) is 4.87. The third-order valence-electron chi connectivity index (χ3n) is 6.77. The normalized spacial score (nSPS) is 22.5. The van der Waals surface area contributed by atoms with Gasteiger partial charge in [-0.2, -0.15) is 0 Å². The quantitative estimate of drug-likeness (QED) is 0.534. The Kier molecular flexibility index (Phi) is 6.53. The molecule has 1 saturated heterocycles. The van der Waals surface area contributed by atoms with Crippen LogP contribution < -0.4 is 10.6 Å². The topological polar surface area (TPSA) is 48.9 Å². The van der Waals surface area contributed by atoms with Crippen molar-refractivity contribution < 1.29 is 4.74 Å². The van der Waals surface area contributed by atoms with Gasteiger partial charge in [0.1, 0.15) is 0 Å². The molecule has 0 radical (unpaired) electrons. The van der Waals surface area contributed by atoms with Crippen LogP contribution in [0.25, 0.3) is 0 Å². The monoisotopic (exact) mass is 384 g/mol. The van der Waals surface area contributed by atoms with Crippen LogP contribution in [0.2, 0.25) is 0 Å². The van der Waals surface area contributed by atoms with Crippen LogP contribution in [0.3, 0.4) is 0 Å². The van der Waals surface area contributed by atoms with Gasteiger partial charge in [-0.25, -0.2) is 4.99 Å². The molecule has 5 nitrogen and oxygen atoms in total. The Balaban J connectivity index is 1.37. The predicted octanol–water partition coefficient (Wildman–Crippen LogP) is 3.15. The first kappa shape index (κ1) is 19.7. The van der Waals surface area contributed by atoms with Gasteiger partial charge >= 0.3 is 0 Å². The highest BCUT2D eigenvalue weighted by atomic mass is 16.5. The van der Waals surface area contributed by atoms with Crippen molar-refractivity contribution in [3.8, 4) is 0 Å². The molecule has 1 aromatic rings. The molecule has 3 aliphatic rings. The van der Waals surface area contributed by atoms with Gasteiger partial charge in [-0.05, 0) is 55.1 Å². The number of benzene rings is 1. The lowest BCUT2D eigenvalue weighted by atomic mass is 9.65. The minimum atomic E-state index is 0.560. The van der Waals surface area contributed by atoms with Crippen molar-refractivity contribution in [1.82, 2.24) is 15.5 Å². The first-order valence-corrected chi connectivity index (χ1v) is 11.2. The Bertz CT molecular complexity index is 660. The molecule has 28 heavy (non-hydrogen) atoms. The fraction of sp³-hybridized carbons (Fsp3) is 0.696. The van der Waals surface area contributed by atoms with E-state index in [9.17, 15) is 0 Å². The van der Waals surface area contributed by atoms with Crippen LogP contribution in [-0.2, 0) is 17.8 Å². The molecule has 0 atom stereocenters. The summed E-state index contributed by atoms with van der Waals surface area (Å²) < 4.78 is 5.48. The molecule has 154 valence electrons. The SMILES string of the molecule is CCNC(=NCc1ccccc1CN1CCOCC1)NCC1(C2CC2)CCC1. The first-order chi connectivity index (χ1) is 13.8. The van der Waals surface area contributed by atoms with Gasteiger partial charge in [-0.3, -0.25) is 4.90 Å². The summed E-state index contributed by atoms with van der Waals surface area (Å²) in [4.78, 5) is 7.41. The molecule has 0 bridgehead atoms. The average molecular weight is 385 g/mol. The number of rotatable bonds is 8. The average Bonchev–Trinajstić information content (AvgIpc) is 3.52. The number of morpholine rings is 1. The lowest BCUT2D eigenvalue weighted by Gasteiger charge is -2.43. The third-order valence-corrected chi connectivity index (χ3v) is 6.77. The van der Waals surface area contributed by atoms with Crippen molar-refractivity contribution in [2.75, 3.05) is 39.4 Å². The summed E-state index contributed by atoms with van der Waals surface area (Å²) in [5.74, 6) is 1.93. The zero-order chi connectivity index (χ0) is 19.2. The molecule has 2 saturated carbocycles. The maximum absolute atomic E-state index is 5.48. The van der Waals surface area contributed by atoms with Crippen LogP contribution in [0.5, 0.6) is 0 Å². The van der Waals surface area contributed by atoms with Crippen molar-refractivity contribution in [1.29, 1.82) is 0 Å². The maximum Gasteiger partial charge on any atom is 0.191 e. The van der Waals surface area contributed by atoms with E-state index in [1.807, 2.05) is 0 Å². The molecule has 1 aromatic carbocycles. The van der Waals surface area contributed by atoms with E-state index in [-0.39, 0.29) is 0 Å². The lowest BCUT2D eigenvalue weighted by Crippen LogP contribution is -2.47. The van der Waals surface area contributed by atoms with E-state index >= 15 is 0 Å². The maximum atomic E-state index is 5.48. The summed E-state index contributed by atoms with van der Waals surface area (Å²) >= 11 is 0. The Labute approximate surface area is 169 Å². The zero-order valence-electron chi connectivity index (χ0n) is 17.4. The van der Waals surface area contributed by atoms with Gasteiger partial charge in [-0.1, -0.05) is 30.7 Å². The fourth-order valence-electron chi connectivity index (χ4n) is 4.69. The molecule has 1 aliphatic heterocycles. The Hall–Kier alpha value is -1.59. The molecule has 0 aromatic heterocycles. The molecule has 0 amide bonds. The minimum Gasteiger partial charge on any atom is -0.379 e. The number of guanidine groups is 1. The van der Waals surface area contributed by atoms with Gasteiger partial charge in [0.05, 0.1) is 19.8 Å².